The third-order valence-electron chi connectivity index (χ3n) is 2.81. The number of ether oxygens (including phenoxy) is 1. The van der Waals surface area contributed by atoms with Gasteiger partial charge in [0.2, 0.25) is 0 Å². The smallest absolute Gasteiger partial charge is 0.269 e. The predicted octanol–water partition coefficient (Wildman–Crippen LogP) is 3.30. The van der Waals surface area contributed by atoms with Crippen LogP contribution >= 0.6 is 31.9 Å². The number of nitrogens with one attached hydrogen (secondary N) is 2. The molecule has 0 unspecified atom stereocenters. The molecule has 114 valence electrons. The molecule has 0 aromatic heterocycles. The van der Waals surface area contributed by atoms with Crippen molar-refractivity contribution in [2.45, 2.75) is 0 Å². The first-order valence-electron chi connectivity index (χ1n) is 6.21. The molecule has 2 aromatic rings. The van der Waals surface area contributed by atoms with Crippen LogP contribution in [0.1, 0.15) is 20.7 Å². The van der Waals surface area contributed by atoms with Crippen LogP contribution in [0.4, 0.5) is 0 Å². The van der Waals surface area contributed by atoms with E-state index >= 15 is 0 Å². The lowest BCUT2D eigenvalue weighted by Gasteiger charge is -2.09. The van der Waals surface area contributed by atoms with E-state index in [0.29, 0.717) is 21.3 Å². The van der Waals surface area contributed by atoms with Crippen LogP contribution in [0.2, 0.25) is 0 Å². The van der Waals surface area contributed by atoms with Crippen molar-refractivity contribution in [1.29, 1.82) is 0 Å². The molecule has 0 aliphatic heterocycles. The molecule has 0 radical (unpaired) electrons. The first kappa shape index (κ1) is 16.5. The van der Waals surface area contributed by atoms with E-state index in [9.17, 15) is 9.59 Å². The number of rotatable bonds is 3. The number of hydrogen-bond donors (Lipinski definition) is 2. The topological polar surface area (TPSA) is 67.4 Å². The number of hydrazine groups is 1. The van der Waals surface area contributed by atoms with Crippen LogP contribution in [0.5, 0.6) is 5.75 Å². The molecule has 0 aliphatic rings. The minimum absolute atomic E-state index is 0.392. The highest BCUT2D eigenvalue weighted by atomic mass is 79.9. The minimum atomic E-state index is -0.422. The standard InChI is InChI=1S/C15H12Br2N2O3/c1-22-13-7-4-10(8-12(13)17)15(21)19-18-14(20)9-2-5-11(16)6-3-9/h2-8H,1H3,(H,18,20)(H,19,21). The zero-order valence-corrected chi connectivity index (χ0v) is 14.7. The Balaban J connectivity index is 1.99. The van der Waals surface area contributed by atoms with Gasteiger partial charge in [-0.15, -0.1) is 0 Å². The van der Waals surface area contributed by atoms with Crippen molar-refractivity contribution in [2.24, 2.45) is 0 Å². The van der Waals surface area contributed by atoms with Gasteiger partial charge in [-0.3, -0.25) is 20.4 Å². The molecular formula is C15H12Br2N2O3. The monoisotopic (exact) mass is 426 g/mol. The average molecular weight is 428 g/mol. The number of methoxy groups -OCH3 is 1. The Morgan fingerprint density at radius 2 is 1.45 bits per heavy atom. The van der Waals surface area contributed by atoms with Crippen LogP contribution < -0.4 is 15.6 Å². The fraction of sp³-hybridized carbons (Fsp3) is 0.0667. The fourth-order valence-electron chi connectivity index (χ4n) is 1.67. The number of hydrogen-bond acceptors (Lipinski definition) is 3. The molecule has 0 spiro atoms. The van der Waals surface area contributed by atoms with E-state index in [1.807, 2.05) is 0 Å². The summed E-state index contributed by atoms with van der Waals surface area (Å²) in [6, 6.07) is 11.7. The van der Waals surface area contributed by atoms with Crippen molar-refractivity contribution in [3.63, 3.8) is 0 Å². The summed E-state index contributed by atoms with van der Waals surface area (Å²) in [4.78, 5) is 23.9. The molecule has 0 aliphatic carbocycles. The summed E-state index contributed by atoms with van der Waals surface area (Å²) in [5.41, 5.74) is 5.57. The van der Waals surface area contributed by atoms with Crippen LogP contribution in [0.15, 0.2) is 51.4 Å². The number of benzene rings is 2. The SMILES string of the molecule is COc1ccc(C(=O)NNC(=O)c2ccc(Br)cc2)cc1Br. The summed E-state index contributed by atoms with van der Waals surface area (Å²) in [6.07, 6.45) is 0. The molecule has 0 saturated heterocycles. The van der Waals surface area contributed by atoms with Crippen LogP contribution in [-0.2, 0) is 0 Å². The van der Waals surface area contributed by atoms with E-state index in [4.69, 9.17) is 4.74 Å². The van der Waals surface area contributed by atoms with Crippen LogP contribution in [0, 0.1) is 0 Å². The van der Waals surface area contributed by atoms with Gasteiger partial charge in [-0.2, -0.15) is 0 Å². The summed E-state index contributed by atoms with van der Waals surface area (Å²) in [7, 11) is 1.54. The van der Waals surface area contributed by atoms with Gasteiger partial charge in [0, 0.05) is 15.6 Å². The summed E-state index contributed by atoms with van der Waals surface area (Å²) in [5.74, 6) is -0.197. The second kappa shape index (κ2) is 7.42. The van der Waals surface area contributed by atoms with E-state index in [0.717, 1.165) is 4.47 Å². The Kier molecular flexibility index (Phi) is 5.57. The Morgan fingerprint density at radius 1 is 0.909 bits per heavy atom. The van der Waals surface area contributed by atoms with Crippen molar-refractivity contribution in [1.82, 2.24) is 10.9 Å². The highest BCUT2D eigenvalue weighted by molar-refractivity contribution is 9.10. The average Bonchev–Trinajstić information content (AvgIpc) is 2.52. The summed E-state index contributed by atoms with van der Waals surface area (Å²) in [5, 5.41) is 0. The second-order valence-electron chi connectivity index (χ2n) is 4.26. The van der Waals surface area contributed by atoms with Gasteiger partial charge in [0.15, 0.2) is 0 Å². The molecule has 0 saturated carbocycles. The second-order valence-corrected chi connectivity index (χ2v) is 6.03. The normalized spacial score (nSPS) is 9.95. The van der Waals surface area contributed by atoms with Gasteiger partial charge in [-0.25, -0.2) is 0 Å². The van der Waals surface area contributed by atoms with E-state index in [-0.39, 0.29) is 0 Å². The van der Waals surface area contributed by atoms with E-state index in [2.05, 4.69) is 42.7 Å². The number of carbonyl (C=O) groups excluding carboxylic acids is 2. The predicted molar refractivity (Wildman–Crippen MR) is 89.8 cm³/mol. The molecule has 0 fully saturated rings. The Hall–Kier alpha value is -1.86. The summed E-state index contributed by atoms with van der Waals surface area (Å²) < 4.78 is 6.62. The van der Waals surface area contributed by atoms with Crippen molar-refractivity contribution >= 4 is 43.7 Å². The zero-order chi connectivity index (χ0) is 16.1. The third-order valence-corrected chi connectivity index (χ3v) is 3.96. The van der Waals surface area contributed by atoms with Crippen molar-refractivity contribution in [3.05, 3.63) is 62.5 Å². The third kappa shape index (κ3) is 4.08. The van der Waals surface area contributed by atoms with Crippen LogP contribution in [0.25, 0.3) is 0 Å². The quantitative estimate of drug-likeness (QED) is 0.738. The summed E-state index contributed by atoms with van der Waals surface area (Å²) in [6.45, 7) is 0. The largest absolute Gasteiger partial charge is 0.496 e. The van der Waals surface area contributed by atoms with Crippen molar-refractivity contribution in [3.8, 4) is 5.75 Å². The van der Waals surface area contributed by atoms with E-state index in [1.54, 1.807) is 42.5 Å². The Labute approximate surface area is 144 Å². The summed E-state index contributed by atoms with van der Waals surface area (Å²) >= 11 is 6.59. The molecule has 2 amide bonds. The highest BCUT2D eigenvalue weighted by Gasteiger charge is 2.11. The number of carbonyl (C=O) groups is 2. The maximum atomic E-state index is 12.0. The first-order chi connectivity index (χ1) is 10.5. The molecule has 5 nitrogen and oxygen atoms in total. The van der Waals surface area contributed by atoms with Crippen LogP contribution in [0.3, 0.4) is 0 Å². The maximum Gasteiger partial charge on any atom is 0.269 e. The molecule has 0 bridgehead atoms. The molecule has 0 heterocycles. The molecule has 2 aromatic carbocycles. The maximum absolute atomic E-state index is 12.0. The Bertz CT molecular complexity index is 702. The first-order valence-corrected chi connectivity index (χ1v) is 7.79. The van der Waals surface area contributed by atoms with Crippen molar-refractivity contribution in [2.75, 3.05) is 7.11 Å². The van der Waals surface area contributed by atoms with Gasteiger partial charge >= 0.3 is 0 Å². The van der Waals surface area contributed by atoms with Gasteiger partial charge < -0.3 is 4.74 Å². The van der Waals surface area contributed by atoms with Gasteiger partial charge in [0.25, 0.3) is 11.8 Å². The number of amides is 2. The van der Waals surface area contributed by atoms with Gasteiger partial charge in [0.05, 0.1) is 11.6 Å². The lowest BCUT2D eigenvalue weighted by molar-refractivity contribution is 0.0846. The lowest BCUT2D eigenvalue weighted by Crippen LogP contribution is -2.41. The van der Waals surface area contributed by atoms with Gasteiger partial charge in [0.1, 0.15) is 5.75 Å². The fourth-order valence-corrected chi connectivity index (χ4v) is 2.47. The number of halogens is 2. The van der Waals surface area contributed by atoms with Crippen molar-refractivity contribution < 1.29 is 14.3 Å². The van der Waals surface area contributed by atoms with Crippen LogP contribution in [-0.4, -0.2) is 18.9 Å². The van der Waals surface area contributed by atoms with Gasteiger partial charge in [-0.05, 0) is 58.4 Å². The minimum Gasteiger partial charge on any atom is -0.496 e. The highest BCUT2D eigenvalue weighted by Crippen LogP contribution is 2.25. The lowest BCUT2D eigenvalue weighted by atomic mass is 10.2. The zero-order valence-electron chi connectivity index (χ0n) is 11.5. The van der Waals surface area contributed by atoms with Gasteiger partial charge in [-0.1, -0.05) is 15.9 Å². The molecular weight excluding hydrogens is 416 g/mol. The van der Waals surface area contributed by atoms with E-state index in [1.165, 1.54) is 7.11 Å². The molecule has 2 N–H and O–H groups in total. The molecule has 22 heavy (non-hydrogen) atoms. The van der Waals surface area contributed by atoms with E-state index < -0.39 is 11.8 Å². The Morgan fingerprint density at radius 3 is 2.00 bits per heavy atom. The molecule has 0 atom stereocenters. The molecule has 7 heteroatoms. The molecule has 2 rings (SSSR count).